The van der Waals surface area contributed by atoms with Gasteiger partial charge in [0.1, 0.15) is 0 Å². The molecule has 1 saturated heterocycles. The van der Waals surface area contributed by atoms with E-state index in [1.165, 1.54) is 43.6 Å². The van der Waals surface area contributed by atoms with Gasteiger partial charge in [0.25, 0.3) is 0 Å². The molecule has 1 aliphatic heterocycles. The maximum absolute atomic E-state index is 4.09. The average Bonchev–Trinajstić information content (AvgIpc) is 3.02. The molecule has 1 fully saturated rings. The van der Waals surface area contributed by atoms with Crippen molar-refractivity contribution in [1.82, 2.24) is 14.5 Å². The van der Waals surface area contributed by atoms with Crippen LogP contribution in [0.2, 0.25) is 0 Å². The van der Waals surface area contributed by atoms with Crippen molar-refractivity contribution in [2.24, 2.45) is 5.92 Å². The second kappa shape index (κ2) is 6.23. The predicted molar refractivity (Wildman–Crippen MR) is 81.9 cm³/mol. The molecule has 0 N–H and O–H groups in total. The summed E-state index contributed by atoms with van der Waals surface area (Å²) in [5.74, 6) is 0.897. The Hall–Kier alpha value is -1.61. The normalized spacial score (nSPS) is 20.1. The van der Waals surface area contributed by atoms with Crippen LogP contribution in [0.4, 0.5) is 0 Å². The summed E-state index contributed by atoms with van der Waals surface area (Å²) in [5.41, 5.74) is 2.59. The molecule has 3 nitrogen and oxygen atoms in total. The number of aromatic nitrogens is 2. The summed E-state index contributed by atoms with van der Waals surface area (Å²) in [6.07, 6.45) is 9.71. The van der Waals surface area contributed by atoms with Crippen LogP contribution >= 0.6 is 0 Å². The Morgan fingerprint density at radius 1 is 1.25 bits per heavy atom. The van der Waals surface area contributed by atoms with Crippen molar-refractivity contribution < 1.29 is 0 Å². The second-order valence-corrected chi connectivity index (χ2v) is 5.79. The van der Waals surface area contributed by atoms with Crippen LogP contribution in [0.25, 0.3) is 5.69 Å². The molecule has 2 heterocycles. The number of benzene rings is 1. The third-order valence-corrected chi connectivity index (χ3v) is 4.33. The lowest BCUT2D eigenvalue weighted by atomic mass is 9.95. The molecule has 1 aromatic heterocycles. The van der Waals surface area contributed by atoms with Crippen molar-refractivity contribution in [2.45, 2.75) is 32.7 Å². The largest absolute Gasteiger partial charge is 0.306 e. The number of imidazole rings is 1. The lowest BCUT2D eigenvalue weighted by Crippen LogP contribution is -2.34. The van der Waals surface area contributed by atoms with E-state index in [9.17, 15) is 0 Å². The average molecular weight is 269 g/mol. The molecule has 0 aliphatic carbocycles. The molecule has 1 aliphatic rings. The molecule has 0 radical (unpaired) electrons. The third-order valence-electron chi connectivity index (χ3n) is 4.33. The number of hydrogen-bond donors (Lipinski definition) is 0. The highest BCUT2D eigenvalue weighted by Gasteiger charge is 2.18. The molecule has 3 rings (SSSR count). The van der Waals surface area contributed by atoms with E-state index >= 15 is 0 Å². The molecule has 2 aromatic rings. The molecule has 0 saturated carbocycles. The van der Waals surface area contributed by atoms with E-state index in [1.807, 2.05) is 23.3 Å². The zero-order chi connectivity index (χ0) is 13.8. The van der Waals surface area contributed by atoms with Crippen molar-refractivity contribution in [3.8, 4) is 5.69 Å². The van der Waals surface area contributed by atoms with Crippen LogP contribution in [0.1, 0.15) is 31.7 Å². The van der Waals surface area contributed by atoms with Gasteiger partial charge in [-0.25, -0.2) is 4.98 Å². The highest BCUT2D eigenvalue weighted by atomic mass is 15.1. The Balaban J connectivity index is 1.63. The smallest absolute Gasteiger partial charge is 0.0991 e. The molecule has 106 valence electrons. The fraction of sp³-hybridized carbons (Fsp3) is 0.471. The molecule has 0 unspecified atom stereocenters. The molecule has 0 bridgehead atoms. The van der Waals surface area contributed by atoms with Gasteiger partial charge in [-0.1, -0.05) is 25.5 Å². The first kappa shape index (κ1) is 13.4. The minimum atomic E-state index is 0.897. The van der Waals surface area contributed by atoms with E-state index in [2.05, 4.69) is 41.1 Å². The fourth-order valence-corrected chi connectivity index (χ4v) is 3.07. The summed E-state index contributed by atoms with van der Waals surface area (Å²) in [5, 5.41) is 0. The molecule has 3 heteroatoms. The Labute approximate surface area is 121 Å². The lowest BCUT2D eigenvalue weighted by molar-refractivity contribution is 0.165. The van der Waals surface area contributed by atoms with Crippen LogP contribution in [0.3, 0.4) is 0 Å². The van der Waals surface area contributed by atoms with Gasteiger partial charge >= 0.3 is 0 Å². The standard InChI is InChI=1S/C17H23N3/c1-2-15-4-3-10-19(12-15)13-16-5-7-17(8-6-16)20-11-9-18-14-20/h5-9,11,14-15H,2-4,10,12-13H2,1H3/t15-/m0/s1. The van der Waals surface area contributed by atoms with Gasteiger partial charge in [0, 0.05) is 31.2 Å². The van der Waals surface area contributed by atoms with E-state index in [-0.39, 0.29) is 0 Å². The first-order valence-electron chi connectivity index (χ1n) is 7.65. The quantitative estimate of drug-likeness (QED) is 0.847. The molecule has 1 aromatic carbocycles. The van der Waals surface area contributed by atoms with Crippen molar-refractivity contribution in [2.75, 3.05) is 13.1 Å². The fourth-order valence-electron chi connectivity index (χ4n) is 3.07. The number of likely N-dealkylation sites (tertiary alicyclic amines) is 1. The minimum absolute atomic E-state index is 0.897. The zero-order valence-electron chi connectivity index (χ0n) is 12.2. The van der Waals surface area contributed by atoms with Crippen LogP contribution in [0, 0.1) is 5.92 Å². The van der Waals surface area contributed by atoms with Crippen LogP contribution in [0.15, 0.2) is 43.0 Å². The Kier molecular flexibility index (Phi) is 4.16. The van der Waals surface area contributed by atoms with Crippen LogP contribution in [-0.4, -0.2) is 27.5 Å². The summed E-state index contributed by atoms with van der Waals surface area (Å²) in [4.78, 5) is 6.69. The molecule has 0 spiro atoms. The van der Waals surface area contributed by atoms with Gasteiger partial charge in [-0.2, -0.15) is 0 Å². The SMILES string of the molecule is CC[C@H]1CCCN(Cc2ccc(-n3ccnc3)cc2)C1. The van der Waals surface area contributed by atoms with Gasteiger partial charge in [0.15, 0.2) is 0 Å². The molecular formula is C17H23N3. The molecule has 1 atom stereocenters. The summed E-state index contributed by atoms with van der Waals surface area (Å²) in [7, 11) is 0. The van der Waals surface area contributed by atoms with E-state index < -0.39 is 0 Å². The summed E-state index contributed by atoms with van der Waals surface area (Å²) >= 11 is 0. The summed E-state index contributed by atoms with van der Waals surface area (Å²) in [6, 6.07) is 8.84. The monoisotopic (exact) mass is 269 g/mol. The van der Waals surface area contributed by atoms with E-state index in [0.717, 1.165) is 12.5 Å². The van der Waals surface area contributed by atoms with Crippen molar-refractivity contribution in [1.29, 1.82) is 0 Å². The Morgan fingerprint density at radius 3 is 2.80 bits per heavy atom. The number of rotatable bonds is 4. The van der Waals surface area contributed by atoms with Gasteiger partial charge in [-0.15, -0.1) is 0 Å². The Bertz CT molecular complexity index is 516. The second-order valence-electron chi connectivity index (χ2n) is 5.79. The number of nitrogens with zero attached hydrogens (tertiary/aromatic N) is 3. The minimum Gasteiger partial charge on any atom is -0.306 e. The van der Waals surface area contributed by atoms with Crippen LogP contribution in [-0.2, 0) is 6.54 Å². The molecule has 0 amide bonds. The van der Waals surface area contributed by atoms with Crippen LogP contribution in [0.5, 0.6) is 0 Å². The predicted octanol–water partition coefficient (Wildman–Crippen LogP) is 3.49. The van der Waals surface area contributed by atoms with Crippen LogP contribution < -0.4 is 0 Å². The van der Waals surface area contributed by atoms with E-state index in [0.29, 0.717) is 0 Å². The van der Waals surface area contributed by atoms with Gasteiger partial charge < -0.3 is 4.57 Å². The first-order valence-corrected chi connectivity index (χ1v) is 7.65. The first-order chi connectivity index (χ1) is 9.85. The summed E-state index contributed by atoms with van der Waals surface area (Å²) < 4.78 is 2.04. The number of hydrogen-bond acceptors (Lipinski definition) is 2. The Morgan fingerprint density at radius 2 is 2.10 bits per heavy atom. The topological polar surface area (TPSA) is 21.1 Å². The zero-order valence-corrected chi connectivity index (χ0v) is 12.2. The highest BCUT2D eigenvalue weighted by molar-refractivity contribution is 5.34. The molecular weight excluding hydrogens is 246 g/mol. The van der Waals surface area contributed by atoms with Gasteiger partial charge in [-0.05, 0) is 43.0 Å². The highest BCUT2D eigenvalue weighted by Crippen LogP contribution is 2.21. The van der Waals surface area contributed by atoms with E-state index in [4.69, 9.17) is 0 Å². The van der Waals surface area contributed by atoms with E-state index in [1.54, 1.807) is 0 Å². The van der Waals surface area contributed by atoms with Crippen molar-refractivity contribution in [3.63, 3.8) is 0 Å². The maximum Gasteiger partial charge on any atom is 0.0991 e. The van der Waals surface area contributed by atoms with Gasteiger partial charge in [0.05, 0.1) is 6.33 Å². The third kappa shape index (κ3) is 3.10. The van der Waals surface area contributed by atoms with Gasteiger partial charge in [0.2, 0.25) is 0 Å². The van der Waals surface area contributed by atoms with Crippen molar-refractivity contribution in [3.05, 3.63) is 48.5 Å². The number of piperidine rings is 1. The molecule has 20 heavy (non-hydrogen) atoms. The summed E-state index contributed by atoms with van der Waals surface area (Å²) in [6.45, 7) is 5.91. The van der Waals surface area contributed by atoms with Crippen molar-refractivity contribution >= 4 is 0 Å². The van der Waals surface area contributed by atoms with Gasteiger partial charge in [-0.3, -0.25) is 4.90 Å². The lowest BCUT2D eigenvalue weighted by Gasteiger charge is -2.32. The maximum atomic E-state index is 4.09.